The third kappa shape index (κ3) is 3.81. The van der Waals surface area contributed by atoms with Gasteiger partial charge in [-0.25, -0.2) is 0 Å². The van der Waals surface area contributed by atoms with Crippen molar-refractivity contribution in [2.45, 2.75) is 44.6 Å². The second kappa shape index (κ2) is 8.23. The van der Waals surface area contributed by atoms with E-state index in [9.17, 15) is 9.59 Å². The average Bonchev–Trinajstić information content (AvgIpc) is 3.25. The minimum atomic E-state index is -0.454. The molecule has 4 rings (SSSR count). The first kappa shape index (κ1) is 19.4. The number of primary amides is 1. The zero-order valence-corrected chi connectivity index (χ0v) is 17.2. The molecule has 1 aromatic heterocycles. The van der Waals surface area contributed by atoms with Gasteiger partial charge in [-0.05, 0) is 62.3 Å². The van der Waals surface area contributed by atoms with Crippen molar-refractivity contribution in [3.63, 3.8) is 0 Å². The van der Waals surface area contributed by atoms with Gasteiger partial charge in [0.2, 0.25) is 5.91 Å². The summed E-state index contributed by atoms with van der Waals surface area (Å²) in [5.41, 5.74) is 8.24. The molecule has 1 unspecified atom stereocenters. The van der Waals surface area contributed by atoms with E-state index in [1.54, 1.807) is 0 Å². The molecule has 0 spiro atoms. The first-order valence-corrected chi connectivity index (χ1v) is 11.0. The highest BCUT2D eigenvalue weighted by Crippen LogP contribution is 2.38. The molecule has 3 N–H and O–H groups in total. The quantitative estimate of drug-likeness (QED) is 0.767. The Hall–Kier alpha value is -1.89. The number of rotatable bonds is 5. The second-order valence-corrected chi connectivity index (χ2v) is 8.99. The molecule has 1 aliphatic carbocycles. The molecule has 7 heteroatoms. The van der Waals surface area contributed by atoms with E-state index >= 15 is 0 Å². The Morgan fingerprint density at radius 2 is 2.00 bits per heavy atom. The topological polar surface area (TPSA) is 75.4 Å². The van der Waals surface area contributed by atoms with E-state index < -0.39 is 5.91 Å². The molecular formula is C21H24ClN3O2S. The van der Waals surface area contributed by atoms with Gasteiger partial charge in [0, 0.05) is 15.9 Å². The first-order valence-electron chi connectivity index (χ1n) is 9.77. The molecule has 2 heterocycles. The van der Waals surface area contributed by atoms with Gasteiger partial charge in [0.15, 0.2) is 0 Å². The van der Waals surface area contributed by atoms with Gasteiger partial charge >= 0.3 is 0 Å². The lowest BCUT2D eigenvalue weighted by Crippen LogP contribution is -2.33. The Kier molecular flexibility index (Phi) is 5.71. The van der Waals surface area contributed by atoms with Crippen LogP contribution in [0.5, 0.6) is 0 Å². The molecule has 1 saturated heterocycles. The van der Waals surface area contributed by atoms with Gasteiger partial charge in [-0.3, -0.25) is 14.5 Å². The van der Waals surface area contributed by atoms with E-state index in [-0.39, 0.29) is 18.5 Å². The fraction of sp³-hybridized carbons (Fsp3) is 0.429. The zero-order chi connectivity index (χ0) is 19.7. The van der Waals surface area contributed by atoms with Crippen LogP contribution in [-0.2, 0) is 17.6 Å². The molecule has 2 aromatic rings. The molecule has 28 heavy (non-hydrogen) atoms. The average molecular weight is 418 g/mol. The highest BCUT2D eigenvalue weighted by molar-refractivity contribution is 7.17. The number of halogens is 1. The molecular weight excluding hydrogens is 394 g/mol. The number of hydrogen-bond donors (Lipinski definition) is 2. The second-order valence-electron chi connectivity index (χ2n) is 7.48. The molecule has 1 aromatic carbocycles. The Morgan fingerprint density at radius 3 is 2.79 bits per heavy atom. The van der Waals surface area contributed by atoms with E-state index in [0.717, 1.165) is 61.2 Å². The van der Waals surface area contributed by atoms with Crippen LogP contribution in [0.1, 0.15) is 58.1 Å². The van der Waals surface area contributed by atoms with Crippen LogP contribution in [0.25, 0.3) is 0 Å². The summed E-state index contributed by atoms with van der Waals surface area (Å²) in [6.45, 7) is 1.13. The minimum absolute atomic E-state index is 0.111. The lowest BCUT2D eigenvalue weighted by Gasteiger charge is -2.25. The van der Waals surface area contributed by atoms with Gasteiger partial charge in [-0.2, -0.15) is 0 Å². The van der Waals surface area contributed by atoms with Crippen LogP contribution in [0.4, 0.5) is 5.00 Å². The standard InChI is InChI=1S/C21H24ClN3O2S/c22-15-8-3-1-6-13(15)16-9-5-11-25(16)12-18(26)24-21-19(20(23)27)14-7-2-4-10-17(14)28-21/h1,3,6,8,16H,2,4-5,7,9-12H2,(H2,23,27)(H,24,26). The van der Waals surface area contributed by atoms with E-state index in [2.05, 4.69) is 10.2 Å². The van der Waals surface area contributed by atoms with Crippen molar-refractivity contribution in [3.8, 4) is 0 Å². The van der Waals surface area contributed by atoms with Crippen LogP contribution in [0, 0.1) is 0 Å². The van der Waals surface area contributed by atoms with Gasteiger partial charge < -0.3 is 11.1 Å². The third-order valence-electron chi connectivity index (χ3n) is 5.65. The lowest BCUT2D eigenvalue weighted by atomic mass is 9.95. The summed E-state index contributed by atoms with van der Waals surface area (Å²) < 4.78 is 0. The Bertz CT molecular complexity index is 911. The predicted octanol–water partition coefficient (Wildman–Crippen LogP) is 4.15. The number of fused-ring (bicyclic) bond motifs is 1. The smallest absolute Gasteiger partial charge is 0.251 e. The van der Waals surface area contributed by atoms with Gasteiger partial charge in [-0.1, -0.05) is 29.8 Å². The van der Waals surface area contributed by atoms with Crippen molar-refractivity contribution in [1.29, 1.82) is 0 Å². The SMILES string of the molecule is NC(=O)c1c(NC(=O)CN2CCCC2c2ccccc2Cl)sc2c1CCCC2. The van der Waals surface area contributed by atoms with Crippen molar-refractivity contribution in [3.05, 3.63) is 50.9 Å². The predicted molar refractivity (Wildman–Crippen MR) is 113 cm³/mol. The maximum Gasteiger partial charge on any atom is 0.251 e. The van der Waals surface area contributed by atoms with E-state index in [4.69, 9.17) is 17.3 Å². The summed E-state index contributed by atoms with van der Waals surface area (Å²) in [5, 5.41) is 4.31. The van der Waals surface area contributed by atoms with E-state index in [1.807, 2.05) is 24.3 Å². The summed E-state index contributed by atoms with van der Waals surface area (Å²) >= 11 is 7.88. The number of anilines is 1. The highest BCUT2D eigenvalue weighted by atomic mass is 35.5. The number of nitrogens with zero attached hydrogens (tertiary/aromatic N) is 1. The van der Waals surface area contributed by atoms with Crippen LogP contribution < -0.4 is 11.1 Å². The number of benzene rings is 1. The van der Waals surface area contributed by atoms with Gasteiger partial charge in [-0.15, -0.1) is 11.3 Å². The van der Waals surface area contributed by atoms with Crippen LogP contribution in [0.15, 0.2) is 24.3 Å². The molecule has 0 saturated carbocycles. The Labute approximate surface area is 173 Å². The van der Waals surface area contributed by atoms with Crippen molar-refractivity contribution >= 4 is 39.8 Å². The summed E-state index contributed by atoms with van der Waals surface area (Å²) in [7, 11) is 0. The molecule has 0 bridgehead atoms. The van der Waals surface area contributed by atoms with Crippen molar-refractivity contribution in [2.24, 2.45) is 5.73 Å². The van der Waals surface area contributed by atoms with Gasteiger partial charge in [0.1, 0.15) is 5.00 Å². The molecule has 0 radical (unpaired) electrons. The van der Waals surface area contributed by atoms with Crippen molar-refractivity contribution < 1.29 is 9.59 Å². The van der Waals surface area contributed by atoms with Crippen LogP contribution >= 0.6 is 22.9 Å². The molecule has 2 amide bonds. The molecule has 5 nitrogen and oxygen atoms in total. The molecule has 2 aliphatic rings. The normalized spacial score (nSPS) is 19.4. The summed E-state index contributed by atoms with van der Waals surface area (Å²) in [6.07, 6.45) is 6.01. The largest absolute Gasteiger partial charge is 0.365 e. The van der Waals surface area contributed by atoms with Crippen LogP contribution in [0.2, 0.25) is 5.02 Å². The van der Waals surface area contributed by atoms with E-state index in [0.29, 0.717) is 10.6 Å². The number of thiophene rings is 1. The molecule has 1 atom stereocenters. The molecule has 1 fully saturated rings. The summed E-state index contributed by atoms with van der Waals surface area (Å²) in [6, 6.07) is 7.96. The molecule has 148 valence electrons. The molecule has 1 aliphatic heterocycles. The van der Waals surface area contributed by atoms with Crippen LogP contribution in [-0.4, -0.2) is 29.8 Å². The number of carbonyl (C=O) groups excluding carboxylic acids is 2. The zero-order valence-electron chi connectivity index (χ0n) is 15.7. The van der Waals surface area contributed by atoms with Gasteiger partial charge in [0.25, 0.3) is 5.91 Å². The number of nitrogens with one attached hydrogen (secondary N) is 1. The van der Waals surface area contributed by atoms with E-state index in [1.165, 1.54) is 16.2 Å². The van der Waals surface area contributed by atoms with Gasteiger partial charge in [0.05, 0.1) is 12.1 Å². The summed E-state index contributed by atoms with van der Waals surface area (Å²) in [4.78, 5) is 28.1. The highest BCUT2D eigenvalue weighted by Gasteiger charge is 2.30. The Balaban J connectivity index is 1.50. The first-order chi connectivity index (χ1) is 13.5. The maximum absolute atomic E-state index is 12.8. The number of carbonyl (C=O) groups is 2. The number of amides is 2. The lowest BCUT2D eigenvalue weighted by molar-refractivity contribution is -0.117. The number of likely N-dealkylation sites (tertiary alicyclic amines) is 1. The Morgan fingerprint density at radius 1 is 1.21 bits per heavy atom. The summed E-state index contributed by atoms with van der Waals surface area (Å²) in [5.74, 6) is -0.565. The van der Waals surface area contributed by atoms with Crippen LogP contribution in [0.3, 0.4) is 0 Å². The minimum Gasteiger partial charge on any atom is -0.365 e. The fourth-order valence-electron chi connectivity index (χ4n) is 4.38. The number of aryl methyl sites for hydroxylation is 1. The maximum atomic E-state index is 12.8. The third-order valence-corrected chi connectivity index (χ3v) is 7.20. The number of nitrogens with two attached hydrogens (primary N) is 1. The fourth-order valence-corrected chi connectivity index (χ4v) is 5.95. The number of hydrogen-bond acceptors (Lipinski definition) is 4. The van der Waals surface area contributed by atoms with Crippen molar-refractivity contribution in [1.82, 2.24) is 4.90 Å². The monoisotopic (exact) mass is 417 g/mol. The van der Waals surface area contributed by atoms with Crippen molar-refractivity contribution in [2.75, 3.05) is 18.4 Å².